The van der Waals surface area contributed by atoms with Gasteiger partial charge in [-0.2, -0.15) is 0 Å². The van der Waals surface area contributed by atoms with Crippen LogP contribution in [-0.4, -0.2) is 38.3 Å². The number of hydrogen-bond donors (Lipinski definition) is 0. The Labute approximate surface area is 215 Å². The van der Waals surface area contributed by atoms with Gasteiger partial charge >= 0.3 is 14.5 Å². The minimum absolute atomic E-state index is 0.282. The molecule has 0 radical (unpaired) electrons. The molecule has 0 aliphatic carbocycles. The summed E-state index contributed by atoms with van der Waals surface area (Å²) in [5.74, 6) is 1.35. The Kier molecular flexibility index (Phi) is 11.0. The molecule has 0 N–H and O–H groups in total. The normalized spacial score (nSPS) is 12.5. The quantitative estimate of drug-likeness (QED) is 0.145. The van der Waals surface area contributed by atoms with Crippen LogP contribution in [0, 0.1) is 0 Å². The first-order valence-electron chi connectivity index (χ1n) is 12.6. The van der Waals surface area contributed by atoms with Gasteiger partial charge in [0.05, 0.1) is 7.11 Å². The molecule has 0 saturated heterocycles. The summed E-state index contributed by atoms with van der Waals surface area (Å²) in [4.78, 5) is 11.4. The molecule has 0 heterocycles. The zero-order valence-corrected chi connectivity index (χ0v) is 25.9. The van der Waals surface area contributed by atoms with E-state index in [-0.39, 0.29) is 5.97 Å². The molecule has 0 atom stereocenters. The van der Waals surface area contributed by atoms with Crippen LogP contribution in [0.15, 0.2) is 48.5 Å². The van der Waals surface area contributed by atoms with Gasteiger partial charge in [-0.05, 0) is 100 Å². The highest BCUT2D eigenvalue weighted by Crippen LogP contribution is 2.29. The topological polar surface area (TPSA) is 54.0 Å². The highest BCUT2D eigenvalue weighted by molar-refractivity contribution is 6.87. The van der Waals surface area contributed by atoms with E-state index >= 15 is 0 Å². The fraction of sp³-hybridized carbons (Fsp3) is 0.519. The SMILES string of the molecule is COc1ccccc1CCC[Si](C)(C)O[Si](C)(C)O[Si](C)(C)CCCc1ccccc1OC(C)=O. The first kappa shape index (κ1) is 29.5. The van der Waals surface area contributed by atoms with E-state index in [2.05, 4.69) is 51.4 Å². The van der Waals surface area contributed by atoms with E-state index < -0.39 is 25.2 Å². The molecular formula is C27H44O5Si3. The number of benzene rings is 2. The van der Waals surface area contributed by atoms with Crippen molar-refractivity contribution in [1.82, 2.24) is 0 Å². The summed E-state index contributed by atoms with van der Waals surface area (Å²) in [5.41, 5.74) is 2.33. The van der Waals surface area contributed by atoms with Crippen molar-refractivity contribution >= 4 is 31.2 Å². The summed E-state index contributed by atoms with van der Waals surface area (Å²) in [6, 6.07) is 18.2. The monoisotopic (exact) mass is 532 g/mol. The second-order valence-electron chi connectivity index (χ2n) is 10.8. The maximum atomic E-state index is 11.4. The lowest BCUT2D eigenvalue weighted by Crippen LogP contribution is -2.52. The third-order valence-electron chi connectivity index (χ3n) is 5.91. The summed E-state index contributed by atoms with van der Waals surface area (Å²) in [7, 11) is -4.28. The molecule has 0 aliphatic rings. The lowest BCUT2D eigenvalue weighted by atomic mass is 10.1. The lowest BCUT2D eigenvalue weighted by Gasteiger charge is -2.39. The van der Waals surface area contributed by atoms with Crippen LogP contribution in [-0.2, 0) is 25.9 Å². The highest BCUT2D eigenvalue weighted by Gasteiger charge is 2.39. The van der Waals surface area contributed by atoms with E-state index in [1.807, 2.05) is 36.4 Å². The summed E-state index contributed by atoms with van der Waals surface area (Å²) in [6.07, 6.45) is 3.96. The number of aryl methyl sites for hydroxylation is 2. The highest BCUT2D eigenvalue weighted by atomic mass is 28.5. The molecule has 0 saturated carbocycles. The molecule has 0 fully saturated rings. The van der Waals surface area contributed by atoms with Gasteiger partial charge in [-0.15, -0.1) is 0 Å². The van der Waals surface area contributed by atoms with E-state index in [1.165, 1.54) is 12.5 Å². The number of carbonyl (C=O) groups is 1. The van der Waals surface area contributed by atoms with Gasteiger partial charge < -0.3 is 17.7 Å². The molecular weight excluding hydrogens is 489 g/mol. The summed E-state index contributed by atoms with van der Waals surface area (Å²) in [5, 5.41) is 0. The number of para-hydroxylation sites is 2. The van der Waals surface area contributed by atoms with Crippen LogP contribution < -0.4 is 9.47 Å². The van der Waals surface area contributed by atoms with Crippen LogP contribution in [0.4, 0.5) is 0 Å². The maximum absolute atomic E-state index is 11.4. The van der Waals surface area contributed by atoms with Crippen molar-refractivity contribution in [1.29, 1.82) is 0 Å². The van der Waals surface area contributed by atoms with Gasteiger partial charge in [0, 0.05) is 6.92 Å². The van der Waals surface area contributed by atoms with E-state index in [4.69, 9.17) is 17.7 Å². The molecule has 0 unspecified atom stereocenters. The minimum Gasteiger partial charge on any atom is -0.496 e. The second kappa shape index (κ2) is 13.0. The van der Waals surface area contributed by atoms with Gasteiger partial charge in [-0.25, -0.2) is 0 Å². The molecule has 194 valence electrons. The van der Waals surface area contributed by atoms with Gasteiger partial charge in [-0.1, -0.05) is 36.4 Å². The largest absolute Gasteiger partial charge is 0.496 e. The molecule has 2 aromatic carbocycles. The van der Waals surface area contributed by atoms with E-state index in [9.17, 15) is 4.79 Å². The summed E-state index contributed by atoms with van der Waals surface area (Å²) in [6.45, 7) is 15.1. The Balaban J connectivity index is 1.86. The van der Waals surface area contributed by atoms with Crippen molar-refractivity contribution in [3.8, 4) is 11.5 Å². The van der Waals surface area contributed by atoms with Gasteiger partial charge in [0.15, 0.2) is 16.6 Å². The van der Waals surface area contributed by atoms with E-state index in [0.29, 0.717) is 5.75 Å². The molecule has 0 spiro atoms. The standard InChI is InChI=1S/C27H44O5Si3/c1-23(28)30-27-20-12-10-16-25(27)18-14-22-34(5,6)32-35(7,8)31-33(3,4)21-13-17-24-15-9-11-19-26(24)29-2/h9-12,15-16,19-20H,13-14,17-18,21-22H2,1-8H3. The predicted octanol–water partition coefficient (Wildman–Crippen LogP) is 7.33. The number of ether oxygens (including phenoxy) is 2. The minimum atomic E-state index is -2.25. The zero-order chi connectivity index (χ0) is 26.1. The Morgan fingerprint density at radius 1 is 0.714 bits per heavy atom. The molecule has 0 bridgehead atoms. The average molecular weight is 533 g/mol. The summed E-state index contributed by atoms with van der Waals surface area (Å²) >= 11 is 0. The lowest BCUT2D eigenvalue weighted by molar-refractivity contribution is -0.131. The Morgan fingerprint density at radius 2 is 1.14 bits per heavy atom. The second-order valence-corrected chi connectivity index (χ2v) is 23.3. The smallest absolute Gasteiger partial charge is 0.311 e. The van der Waals surface area contributed by atoms with Gasteiger partial charge in [0.2, 0.25) is 0 Å². The Bertz CT molecular complexity index is 959. The van der Waals surface area contributed by atoms with Crippen molar-refractivity contribution in [3.63, 3.8) is 0 Å². The fourth-order valence-electron chi connectivity index (χ4n) is 4.74. The molecule has 0 aromatic heterocycles. The number of rotatable bonds is 14. The van der Waals surface area contributed by atoms with Crippen LogP contribution in [0.3, 0.4) is 0 Å². The number of carbonyl (C=O) groups excluding carboxylic acids is 1. The molecule has 0 amide bonds. The molecule has 2 rings (SSSR count). The molecule has 35 heavy (non-hydrogen) atoms. The molecule has 8 heteroatoms. The molecule has 0 aliphatic heterocycles. The Morgan fingerprint density at radius 3 is 1.60 bits per heavy atom. The predicted molar refractivity (Wildman–Crippen MR) is 152 cm³/mol. The third-order valence-corrected chi connectivity index (χ3v) is 17.4. The first-order valence-corrected chi connectivity index (χ1v) is 21.7. The van der Waals surface area contributed by atoms with Crippen LogP contribution in [0.5, 0.6) is 11.5 Å². The van der Waals surface area contributed by atoms with Crippen molar-refractivity contribution in [2.24, 2.45) is 0 Å². The van der Waals surface area contributed by atoms with Crippen LogP contribution >= 0.6 is 0 Å². The van der Waals surface area contributed by atoms with Crippen LogP contribution in [0.1, 0.15) is 30.9 Å². The average Bonchev–Trinajstić information content (AvgIpc) is 2.73. The van der Waals surface area contributed by atoms with Crippen molar-refractivity contribution in [2.45, 2.75) is 84.0 Å². The van der Waals surface area contributed by atoms with Gasteiger partial charge in [-0.3, -0.25) is 4.79 Å². The first-order chi connectivity index (χ1) is 16.3. The van der Waals surface area contributed by atoms with Crippen LogP contribution in [0.2, 0.25) is 51.4 Å². The van der Waals surface area contributed by atoms with Gasteiger partial charge in [0.1, 0.15) is 11.5 Å². The van der Waals surface area contributed by atoms with E-state index in [0.717, 1.165) is 49.1 Å². The van der Waals surface area contributed by atoms with Crippen molar-refractivity contribution in [3.05, 3.63) is 59.7 Å². The van der Waals surface area contributed by atoms with Crippen molar-refractivity contribution < 1.29 is 22.5 Å². The maximum Gasteiger partial charge on any atom is 0.311 e. The third kappa shape index (κ3) is 10.8. The number of esters is 1. The van der Waals surface area contributed by atoms with E-state index in [1.54, 1.807) is 7.11 Å². The Hall–Kier alpha value is -1.72. The molecule has 2 aromatic rings. The number of methoxy groups -OCH3 is 1. The van der Waals surface area contributed by atoms with Crippen LogP contribution in [0.25, 0.3) is 0 Å². The summed E-state index contributed by atoms with van der Waals surface area (Å²) < 4.78 is 24.4. The molecule has 5 nitrogen and oxygen atoms in total. The zero-order valence-electron chi connectivity index (χ0n) is 22.9. The van der Waals surface area contributed by atoms with Gasteiger partial charge in [0.25, 0.3) is 0 Å². The number of hydrogen-bond acceptors (Lipinski definition) is 5. The van der Waals surface area contributed by atoms with Crippen molar-refractivity contribution in [2.75, 3.05) is 7.11 Å². The fourth-order valence-corrected chi connectivity index (χ4v) is 18.8.